The van der Waals surface area contributed by atoms with E-state index in [4.69, 9.17) is 10.5 Å². The Morgan fingerprint density at radius 1 is 1.38 bits per heavy atom. The molecule has 0 bridgehead atoms. The fraction of sp³-hybridized carbons (Fsp3) is 0.474. The van der Waals surface area contributed by atoms with E-state index in [9.17, 15) is 4.79 Å². The number of carbonyl (C=O) groups is 1. The van der Waals surface area contributed by atoms with Crippen molar-refractivity contribution in [2.75, 3.05) is 17.2 Å². The first kappa shape index (κ1) is 18.5. The summed E-state index contributed by atoms with van der Waals surface area (Å²) < 4.78 is 5.26. The Hall–Kier alpha value is -2.28. The van der Waals surface area contributed by atoms with Crippen LogP contribution < -0.4 is 16.0 Å². The third-order valence-corrected chi connectivity index (χ3v) is 4.93. The largest absolute Gasteiger partial charge is 0.444 e. The monoisotopic (exact) mass is 374 g/mol. The molecule has 140 valence electrons. The lowest BCUT2D eigenvalue weighted by Gasteiger charge is -2.26. The minimum Gasteiger partial charge on any atom is -0.444 e. The second-order valence-corrected chi connectivity index (χ2v) is 8.37. The number of benzene rings is 1. The van der Waals surface area contributed by atoms with E-state index in [2.05, 4.69) is 32.7 Å². The summed E-state index contributed by atoms with van der Waals surface area (Å²) in [7, 11) is 0. The summed E-state index contributed by atoms with van der Waals surface area (Å²) in [6.45, 7) is 7.01. The normalized spacial score (nSPS) is 17.3. The summed E-state index contributed by atoms with van der Waals surface area (Å²) in [5.74, 6) is 0. The van der Waals surface area contributed by atoms with Crippen LogP contribution in [-0.2, 0) is 11.3 Å². The maximum Gasteiger partial charge on any atom is 0.407 e. The molecule has 6 nitrogen and oxygen atoms in total. The number of thiazole rings is 1. The number of hydrogen-bond donors (Lipinski definition) is 2. The van der Waals surface area contributed by atoms with Crippen molar-refractivity contribution in [2.24, 2.45) is 0 Å². The fourth-order valence-electron chi connectivity index (χ4n) is 3.13. The lowest BCUT2D eigenvalue weighted by Crippen LogP contribution is -2.32. The number of amides is 1. The van der Waals surface area contributed by atoms with Gasteiger partial charge in [-0.05, 0) is 51.3 Å². The molecule has 0 aliphatic carbocycles. The van der Waals surface area contributed by atoms with Crippen LogP contribution in [0.2, 0.25) is 0 Å². The van der Waals surface area contributed by atoms with Crippen molar-refractivity contribution < 1.29 is 9.53 Å². The molecule has 2 aromatic rings. The number of nitrogens with zero attached hydrogens (tertiary/aromatic N) is 2. The Morgan fingerprint density at radius 2 is 2.12 bits per heavy atom. The summed E-state index contributed by atoms with van der Waals surface area (Å²) in [5.41, 5.74) is 8.56. The molecule has 0 spiro atoms. The molecule has 26 heavy (non-hydrogen) atoms. The van der Waals surface area contributed by atoms with Gasteiger partial charge in [-0.2, -0.15) is 0 Å². The minimum absolute atomic E-state index is 0.286. The number of aromatic nitrogens is 1. The van der Waals surface area contributed by atoms with Crippen molar-refractivity contribution in [3.05, 3.63) is 40.9 Å². The van der Waals surface area contributed by atoms with E-state index in [1.165, 1.54) is 17.0 Å². The SMILES string of the molecule is CC(C)(C)OC(=O)NCc1ccc(N2CCC[C@@H]2c2csc(N)n2)cc1. The third-order valence-electron chi connectivity index (χ3n) is 4.24. The summed E-state index contributed by atoms with van der Waals surface area (Å²) in [4.78, 5) is 18.6. The van der Waals surface area contributed by atoms with Gasteiger partial charge in [0.25, 0.3) is 0 Å². The van der Waals surface area contributed by atoms with Gasteiger partial charge in [-0.25, -0.2) is 9.78 Å². The average molecular weight is 375 g/mol. The van der Waals surface area contributed by atoms with Gasteiger partial charge in [0.05, 0.1) is 11.7 Å². The number of carbonyl (C=O) groups excluding carboxylic acids is 1. The number of alkyl carbamates (subject to hydrolysis) is 1. The molecule has 3 N–H and O–H groups in total. The highest BCUT2D eigenvalue weighted by atomic mass is 32.1. The first-order chi connectivity index (χ1) is 12.3. The van der Waals surface area contributed by atoms with Crippen LogP contribution in [0.1, 0.15) is 50.9 Å². The Bertz CT molecular complexity index is 752. The van der Waals surface area contributed by atoms with Gasteiger partial charge in [-0.1, -0.05) is 12.1 Å². The number of hydrogen-bond acceptors (Lipinski definition) is 6. The van der Waals surface area contributed by atoms with Gasteiger partial charge in [0.15, 0.2) is 5.13 Å². The molecule has 0 radical (unpaired) electrons. The van der Waals surface area contributed by atoms with E-state index in [-0.39, 0.29) is 6.04 Å². The van der Waals surface area contributed by atoms with E-state index < -0.39 is 11.7 Å². The molecule has 2 heterocycles. The Balaban J connectivity index is 1.61. The number of nitrogens with two attached hydrogens (primary N) is 1. The van der Waals surface area contributed by atoms with Gasteiger partial charge in [0, 0.05) is 24.2 Å². The molecular formula is C19H26N4O2S. The molecule has 1 saturated heterocycles. The highest BCUT2D eigenvalue weighted by Crippen LogP contribution is 2.36. The summed E-state index contributed by atoms with van der Waals surface area (Å²) in [6.07, 6.45) is 1.83. The molecule has 1 amide bonds. The highest BCUT2D eigenvalue weighted by Gasteiger charge is 2.28. The third kappa shape index (κ3) is 4.66. The molecule has 1 atom stereocenters. The molecule has 1 aliphatic rings. The topological polar surface area (TPSA) is 80.5 Å². The standard InChI is InChI=1S/C19H26N4O2S/c1-19(2,3)25-18(24)21-11-13-6-8-14(9-7-13)23-10-4-5-16(23)15-12-26-17(20)22-15/h6-9,12,16H,4-5,10-11H2,1-3H3,(H2,20,22)(H,21,24)/t16-/m1/s1. The Morgan fingerprint density at radius 3 is 2.73 bits per heavy atom. The first-order valence-corrected chi connectivity index (χ1v) is 9.73. The van der Waals surface area contributed by atoms with Gasteiger partial charge >= 0.3 is 6.09 Å². The lowest BCUT2D eigenvalue weighted by molar-refractivity contribution is 0.0523. The summed E-state index contributed by atoms with van der Waals surface area (Å²) in [6, 6.07) is 8.56. The quantitative estimate of drug-likeness (QED) is 0.842. The minimum atomic E-state index is -0.488. The van der Waals surface area contributed by atoms with E-state index in [1.807, 2.05) is 32.9 Å². The van der Waals surface area contributed by atoms with Gasteiger partial charge in [0.1, 0.15) is 5.60 Å². The van der Waals surface area contributed by atoms with Gasteiger partial charge in [0.2, 0.25) is 0 Å². The zero-order valence-corrected chi connectivity index (χ0v) is 16.3. The van der Waals surface area contributed by atoms with Gasteiger partial charge in [-0.15, -0.1) is 11.3 Å². The number of ether oxygens (including phenoxy) is 1. The Kier molecular flexibility index (Phi) is 5.36. The number of nitrogens with one attached hydrogen (secondary N) is 1. The molecule has 1 aromatic heterocycles. The van der Waals surface area contributed by atoms with Crippen LogP contribution in [0.15, 0.2) is 29.6 Å². The van der Waals surface area contributed by atoms with E-state index in [0.717, 1.165) is 30.6 Å². The van der Waals surface area contributed by atoms with Gasteiger partial charge < -0.3 is 20.7 Å². The molecule has 3 rings (SSSR count). The predicted molar refractivity (Wildman–Crippen MR) is 105 cm³/mol. The highest BCUT2D eigenvalue weighted by molar-refractivity contribution is 7.13. The summed E-state index contributed by atoms with van der Waals surface area (Å²) >= 11 is 1.49. The molecule has 1 aromatic carbocycles. The average Bonchev–Trinajstić information content (AvgIpc) is 3.20. The second kappa shape index (κ2) is 7.53. The van der Waals surface area contributed by atoms with Crippen LogP contribution in [0.25, 0.3) is 0 Å². The van der Waals surface area contributed by atoms with Crippen molar-refractivity contribution in [2.45, 2.75) is 51.8 Å². The zero-order valence-electron chi connectivity index (χ0n) is 15.5. The molecule has 1 aliphatic heterocycles. The van der Waals surface area contributed by atoms with Crippen LogP contribution in [0, 0.1) is 0 Å². The smallest absolute Gasteiger partial charge is 0.407 e. The van der Waals surface area contributed by atoms with E-state index >= 15 is 0 Å². The van der Waals surface area contributed by atoms with Crippen molar-refractivity contribution in [1.82, 2.24) is 10.3 Å². The van der Waals surface area contributed by atoms with Crippen molar-refractivity contribution in [3.8, 4) is 0 Å². The Labute approximate surface area is 158 Å². The number of rotatable bonds is 4. The molecule has 0 saturated carbocycles. The van der Waals surface area contributed by atoms with Crippen LogP contribution in [0.4, 0.5) is 15.6 Å². The zero-order chi connectivity index (χ0) is 18.7. The molecule has 1 fully saturated rings. The van der Waals surface area contributed by atoms with E-state index in [0.29, 0.717) is 11.7 Å². The maximum absolute atomic E-state index is 11.8. The first-order valence-electron chi connectivity index (χ1n) is 8.85. The van der Waals surface area contributed by atoms with Gasteiger partial charge in [-0.3, -0.25) is 0 Å². The van der Waals surface area contributed by atoms with E-state index in [1.54, 1.807) is 0 Å². The van der Waals surface area contributed by atoms with Crippen LogP contribution in [0.3, 0.4) is 0 Å². The lowest BCUT2D eigenvalue weighted by atomic mass is 10.1. The molecule has 0 unspecified atom stereocenters. The van der Waals surface area contributed by atoms with Crippen molar-refractivity contribution in [3.63, 3.8) is 0 Å². The van der Waals surface area contributed by atoms with Crippen molar-refractivity contribution >= 4 is 28.2 Å². The number of nitrogen functional groups attached to an aromatic ring is 1. The fourth-order valence-corrected chi connectivity index (χ4v) is 3.74. The predicted octanol–water partition coefficient (Wildman–Crippen LogP) is 4.09. The maximum atomic E-state index is 11.8. The van der Waals surface area contributed by atoms with Crippen LogP contribution >= 0.6 is 11.3 Å². The summed E-state index contributed by atoms with van der Waals surface area (Å²) in [5, 5.41) is 5.46. The molecule has 7 heteroatoms. The van der Waals surface area contributed by atoms with Crippen LogP contribution in [-0.4, -0.2) is 23.2 Å². The van der Waals surface area contributed by atoms with Crippen LogP contribution in [0.5, 0.6) is 0 Å². The van der Waals surface area contributed by atoms with Crippen molar-refractivity contribution in [1.29, 1.82) is 0 Å². The second-order valence-electron chi connectivity index (χ2n) is 7.48. The molecular weight excluding hydrogens is 348 g/mol. The number of anilines is 2.